The minimum atomic E-state index is 0.620. The second-order valence-corrected chi connectivity index (χ2v) is 7.31. The Balaban J connectivity index is 1.93. The van der Waals surface area contributed by atoms with Crippen LogP contribution in [-0.4, -0.2) is 22.8 Å². The van der Waals surface area contributed by atoms with Crippen LogP contribution in [0.3, 0.4) is 0 Å². The maximum atomic E-state index is 6.20. The lowest BCUT2D eigenvalue weighted by atomic mass is 9.94. The van der Waals surface area contributed by atoms with Gasteiger partial charge in [0.1, 0.15) is 0 Å². The summed E-state index contributed by atoms with van der Waals surface area (Å²) in [5.41, 5.74) is 1.13. The molecule has 0 N–H and O–H groups in total. The third-order valence-electron chi connectivity index (χ3n) is 3.68. The average Bonchev–Trinajstić information content (AvgIpc) is 2.34. The fourth-order valence-electron chi connectivity index (χ4n) is 2.48. The molecule has 0 amide bonds. The van der Waals surface area contributed by atoms with Gasteiger partial charge in [-0.15, -0.1) is 0 Å². The van der Waals surface area contributed by atoms with E-state index in [1.807, 2.05) is 18.2 Å². The van der Waals surface area contributed by atoms with Crippen molar-refractivity contribution in [3.05, 3.63) is 33.8 Å². The van der Waals surface area contributed by atoms with Crippen LogP contribution in [0, 0.1) is 5.92 Å². The largest absolute Gasteiger partial charge is 0.299 e. The highest BCUT2D eigenvalue weighted by Crippen LogP contribution is 2.27. The molecular formula is C14H18BrCl2N. The molecule has 1 nitrogen and oxygen atoms in total. The molecular weight excluding hydrogens is 333 g/mol. The van der Waals surface area contributed by atoms with E-state index in [1.54, 1.807) is 0 Å². The van der Waals surface area contributed by atoms with E-state index in [1.165, 1.54) is 12.8 Å². The third kappa shape index (κ3) is 3.86. The topological polar surface area (TPSA) is 3.24 Å². The summed E-state index contributed by atoms with van der Waals surface area (Å²) in [5, 5.41) is 1.58. The second kappa shape index (κ2) is 6.60. The number of piperidine rings is 1. The van der Waals surface area contributed by atoms with Crippen molar-refractivity contribution in [2.75, 3.05) is 13.1 Å². The summed E-state index contributed by atoms with van der Waals surface area (Å²) in [7, 11) is 0. The first-order valence-corrected chi connectivity index (χ1v) is 8.04. The van der Waals surface area contributed by atoms with Gasteiger partial charge in [0, 0.05) is 21.4 Å². The second-order valence-electron chi connectivity index (χ2n) is 5.03. The maximum Gasteiger partial charge on any atom is 0.0452 e. The summed E-state index contributed by atoms with van der Waals surface area (Å²) in [6.45, 7) is 5.43. The van der Waals surface area contributed by atoms with Crippen molar-refractivity contribution in [1.82, 2.24) is 4.90 Å². The van der Waals surface area contributed by atoms with E-state index in [2.05, 4.69) is 27.8 Å². The Bertz CT molecular complexity index is 401. The number of likely N-dealkylation sites (tertiary alicyclic amines) is 1. The molecule has 1 unspecified atom stereocenters. The SMILES string of the molecule is CC(Br)C1CCN(Cc2cc(Cl)ccc2Cl)CC1. The standard InChI is InChI=1S/C14H18BrCl2N/c1-10(15)11-4-6-18(7-5-11)9-12-8-13(16)2-3-14(12)17/h2-3,8,10-11H,4-7,9H2,1H3. The Morgan fingerprint density at radius 3 is 2.61 bits per heavy atom. The van der Waals surface area contributed by atoms with E-state index < -0.39 is 0 Å². The Labute approximate surface area is 128 Å². The van der Waals surface area contributed by atoms with Gasteiger partial charge in [0.15, 0.2) is 0 Å². The van der Waals surface area contributed by atoms with Crippen LogP contribution in [0.4, 0.5) is 0 Å². The van der Waals surface area contributed by atoms with Crippen LogP contribution >= 0.6 is 39.1 Å². The van der Waals surface area contributed by atoms with E-state index >= 15 is 0 Å². The summed E-state index contributed by atoms with van der Waals surface area (Å²) in [6.07, 6.45) is 2.51. The van der Waals surface area contributed by atoms with Crippen molar-refractivity contribution in [3.8, 4) is 0 Å². The zero-order valence-electron chi connectivity index (χ0n) is 10.5. The van der Waals surface area contributed by atoms with Crippen LogP contribution in [0.5, 0.6) is 0 Å². The van der Waals surface area contributed by atoms with Gasteiger partial charge in [0.05, 0.1) is 0 Å². The Morgan fingerprint density at radius 1 is 1.33 bits per heavy atom. The van der Waals surface area contributed by atoms with Crippen molar-refractivity contribution >= 4 is 39.1 Å². The highest BCUT2D eigenvalue weighted by Gasteiger charge is 2.22. The van der Waals surface area contributed by atoms with Crippen molar-refractivity contribution in [2.45, 2.75) is 31.1 Å². The van der Waals surface area contributed by atoms with Gasteiger partial charge >= 0.3 is 0 Å². The molecule has 18 heavy (non-hydrogen) atoms. The average molecular weight is 351 g/mol. The smallest absolute Gasteiger partial charge is 0.0452 e. The summed E-state index contributed by atoms with van der Waals surface area (Å²) >= 11 is 15.9. The van der Waals surface area contributed by atoms with Gasteiger partial charge in [0.2, 0.25) is 0 Å². The molecule has 1 saturated heterocycles. The van der Waals surface area contributed by atoms with Crippen molar-refractivity contribution in [1.29, 1.82) is 0 Å². The summed E-state index contributed by atoms with van der Waals surface area (Å²) < 4.78 is 0. The van der Waals surface area contributed by atoms with Gasteiger partial charge in [0.25, 0.3) is 0 Å². The molecule has 1 aromatic carbocycles. The van der Waals surface area contributed by atoms with Crippen LogP contribution in [0.15, 0.2) is 18.2 Å². The number of hydrogen-bond acceptors (Lipinski definition) is 1. The fraction of sp³-hybridized carbons (Fsp3) is 0.571. The molecule has 1 aromatic rings. The molecule has 0 saturated carbocycles. The molecule has 2 rings (SSSR count). The molecule has 0 aromatic heterocycles. The monoisotopic (exact) mass is 349 g/mol. The van der Waals surface area contributed by atoms with Crippen LogP contribution in [0.2, 0.25) is 10.0 Å². The molecule has 1 aliphatic heterocycles. The third-order valence-corrected chi connectivity index (χ3v) is 5.04. The van der Waals surface area contributed by atoms with Gasteiger partial charge < -0.3 is 0 Å². The molecule has 1 heterocycles. The summed E-state index contributed by atoms with van der Waals surface area (Å²) in [6, 6.07) is 5.70. The molecule has 1 fully saturated rings. The van der Waals surface area contributed by atoms with Gasteiger partial charge in [-0.2, -0.15) is 0 Å². The number of halogens is 3. The maximum absolute atomic E-state index is 6.20. The Kier molecular flexibility index (Phi) is 5.37. The first-order chi connectivity index (χ1) is 8.56. The van der Waals surface area contributed by atoms with Crippen molar-refractivity contribution < 1.29 is 0 Å². The molecule has 100 valence electrons. The van der Waals surface area contributed by atoms with E-state index in [0.717, 1.165) is 41.2 Å². The molecule has 0 spiro atoms. The zero-order chi connectivity index (χ0) is 13.1. The predicted octanol–water partition coefficient (Wildman–Crippen LogP) is 4.99. The number of benzene rings is 1. The van der Waals surface area contributed by atoms with E-state index in [-0.39, 0.29) is 0 Å². The van der Waals surface area contributed by atoms with Gasteiger partial charge in [-0.3, -0.25) is 4.90 Å². The molecule has 0 aliphatic carbocycles. The van der Waals surface area contributed by atoms with Gasteiger partial charge in [-0.25, -0.2) is 0 Å². The molecule has 0 radical (unpaired) electrons. The van der Waals surface area contributed by atoms with Crippen molar-refractivity contribution in [2.24, 2.45) is 5.92 Å². The quantitative estimate of drug-likeness (QED) is 0.694. The van der Waals surface area contributed by atoms with Crippen LogP contribution in [-0.2, 0) is 6.54 Å². The lowest BCUT2D eigenvalue weighted by Gasteiger charge is -2.33. The summed E-state index contributed by atoms with van der Waals surface area (Å²) in [5.74, 6) is 0.802. The van der Waals surface area contributed by atoms with E-state index in [9.17, 15) is 0 Å². The van der Waals surface area contributed by atoms with Gasteiger partial charge in [-0.1, -0.05) is 46.1 Å². The number of hydrogen-bond donors (Lipinski definition) is 0. The lowest BCUT2D eigenvalue weighted by molar-refractivity contribution is 0.178. The van der Waals surface area contributed by atoms with Crippen LogP contribution < -0.4 is 0 Å². The van der Waals surface area contributed by atoms with Crippen LogP contribution in [0.1, 0.15) is 25.3 Å². The minimum absolute atomic E-state index is 0.620. The highest BCUT2D eigenvalue weighted by atomic mass is 79.9. The number of nitrogens with zero attached hydrogens (tertiary/aromatic N) is 1. The first kappa shape index (κ1) is 14.6. The molecule has 0 bridgehead atoms. The lowest BCUT2D eigenvalue weighted by Crippen LogP contribution is -2.35. The molecule has 1 atom stereocenters. The first-order valence-electron chi connectivity index (χ1n) is 6.36. The number of alkyl halides is 1. The predicted molar refractivity (Wildman–Crippen MR) is 82.9 cm³/mol. The van der Waals surface area contributed by atoms with Crippen LogP contribution in [0.25, 0.3) is 0 Å². The number of rotatable bonds is 3. The van der Waals surface area contributed by atoms with Gasteiger partial charge in [-0.05, 0) is 55.6 Å². The molecule has 4 heteroatoms. The normalized spacial score (nSPS) is 20.0. The Morgan fingerprint density at radius 2 is 2.00 bits per heavy atom. The van der Waals surface area contributed by atoms with E-state index in [4.69, 9.17) is 23.2 Å². The molecule has 1 aliphatic rings. The fourth-order valence-corrected chi connectivity index (χ4v) is 3.38. The minimum Gasteiger partial charge on any atom is -0.299 e. The van der Waals surface area contributed by atoms with E-state index in [0.29, 0.717) is 4.83 Å². The zero-order valence-corrected chi connectivity index (χ0v) is 13.6. The highest BCUT2D eigenvalue weighted by molar-refractivity contribution is 9.09. The van der Waals surface area contributed by atoms with Crippen molar-refractivity contribution in [3.63, 3.8) is 0 Å². The Hall–Kier alpha value is 0.240. The summed E-state index contributed by atoms with van der Waals surface area (Å²) in [4.78, 5) is 3.08.